The monoisotopic (exact) mass is 325 g/mol. The molecule has 0 atom stereocenters. The largest absolute Gasteiger partial charge is 0.384 e. The molecular weight excluding hydrogens is 306 g/mol. The van der Waals surface area contributed by atoms with Crippen LogP contribution in [0, 0.1) is 5.92 Å². The number of benzene rings is 1. The highest BCUT2D eigenvalue weighted by molar-refractivity contribution is 9.10. The molecule has 104 valence electrons. The number of ether oxygens (including phenoxy) is 1. The number of Topliss-reactive ketones (excluding diaryl/α,β-unsaturated/α-hetero) is 1. The van der Waals surface area contributed by atoms with Gasteiger partial charge in [-0.2, -0.15) is 0 Å². The molecule has 0 radical (unpaired) electrons. The van der Waals surface area contributed by atoms with E-state index in [1.54, 1.807) is 7.11 Å². The van der Waals surface area contributed by atoms with Gasteiger partial charge in [0, 0.05) is 23.8 Å². The van der Waals surface area contributed by atoms with Crippen LogP contribution in [0.4, 0.5) is 0 Å². The van der Waals surface area contributed by atoms with Crippen LogP contribution in [0.1, 0.15) is 23.2 Å². The van der Waals surface area contributed by atoms with Crippen LogP contribution < -0.4 is 0 Å². The molecule has 1 aliphatic heterocycles. The van der Waals surface area contributed by atoms with E-state index in [-0.39, 0.29) is 5.78 Å². The molecule has 0 N–H and O–H groups in total. The fourth-order valence-electron chi connectivity index (χ4n) is 2.48. The molecule has 0 amide bonds. The summed E-state index contributed by atoms with van der Waals surface area (Å²) in [6.07, 6.45) is 2.25. The molecule has 0 unspecified atom stereocenters. The van der Waals surface area contributed by atoms with Gasteiger partial charge >= 0.3 is 0 Å². The first-order valence-corrected chi connectivity index (χ1v) is 7.48. The number of carbonyl (C=O) groups excluding carboxylic acids is 1. The van der Waals surface area contributed by atoms with Gasteiger partial charge in [0.25, 0.3) is 0 Å². The number of likely N-dealkylation sites (tertiary alicyclic amines) is 1. The zero-order valence-electron chi connectivity index (χ0n) is 11.3. The third kappa shape index (κ3) is 4.41. The molecule has 1 aromatic rings. The van der Waals surface area contributed by atoms with Crippen molar-refractivity contribution in [3.63, 3.8) is 0 Å². The van der Waals surface area contributed by atoms with E-state index in [0.717, 1.165) is 42.6 Å². The van der Waals surface area contributed by atoms with Crippen LogP contribution in [-0.4, -0.2) is 44.0 Å². The molecule has 0 aromatic heterocycles. The summed E-state index contributed by atoms with van der Waals surface area (Å²) in [6, 6.07) is 7.59. The van der Waals surface area contributed by atoms with Crippen LogP contribution in [0.5, 0.6) is 0 Å². The topological polar surface area (TPSA) is 29.5 Å². The van der Waals surface area contributed by atoms with Crippen LogP contribution in [0.25, 0.3) is 0 Å². The second-order valence-corrected chi connectivity index (χ2v) is 6.02. The van der Waals surface area contributed by atoms with Gasteiger partial charge in [-0.1, -0.05) is 28.1 Å². The summed E-state index contributed by atoms with van der Waals surface area (Å²) in [4.78, 5) is 14.4. The molecule has 0 aliphatic carbocycles. The van der Waals surface area contributed by atoms with Gasteiger partial charge in [0.15, 0.2) is 5.78 Å². The fourth-order valence-corrected chi connectivity index (χ4v) is 2.74. The highest BCUT2D eigenvalue weighted by Gasteiger charge is 2.21. The van der Waals surface area contributed by atoms with Crippen molar-refractivity contribution in [2.24, 2.45) is 5.92 Å². The number of rotatable bonds is 5. The lowest BCUT2D eigenvalue weighted by Gasteiger charge is -2.31. The van der Waals surface area contributed by atoms with Crippen LogP contribution in [0.2, 0.25) is 0 Å². The molecule has 0 spiro atoms. The number of nitrogens with zero attached hydrogens (tertiary/aromatic N) is 1. The maximum Gasteiger partial charge on any atom is 0.176 e. The third-order valence-corrected chi connectivity index (χ3v) is 4.17. The summed E-state index contributed by atoms with van der Waals surface area (Å²) in [6.45, 7) is 3.36. The van der Waals surface area contributed by atoms with E-state index in [4.69, 9.17) is 4.74 Å². The van der Waals surface area contributed by atoms with Crippen LogP contribution in [-0.2, 0) is 4.74 Å². The number of ketones is 1. The number of methoxy groups -OCH3 is 1. The Hall–Kier alpha value is -0.710. The number of piperidine rings is 1. The molecule has 1 saturated heterocycles. The third-order valence-electron chi connectivity index (χ3n) is 3.64. The lowest BCUT2D eigenvalue weighted by atomic mass is 9.97. The van der Waals surface area contributed by atoms with Gasteiger partial charge in [-0.15, -0.1) is 0 Å². The Morgan fingerprint density at radius 1 is 1.32 bits per heavy atom. The van der Waals surface area contributed by atoms with Crippen molar-refractivity contribution in [1.29, 1.82) is 0 Å². The minimum atomic E-state index is 0.206. The Balaban J connectivity index is 1.82. The first kappa shape index (κ1) is 14.7. The molecule has 2 rings (SSSR count). The Labute approximate surface area is 123 Å². The molecular formula is C15H20BrNO2. The Kier molecular flexibility index (Phi) is 5.55. The van der Waals surface area contributed by atoms with E-state index in [2.05, 4.69) is 20.8 Å². The SMILES string of the molecule is COCC1CCN(CC(=O)c2ccc(Br)cc2)CC1. The molecule has 4 heteroatoms. The minimum Gasteiger partial charge on any atom is -0.384 e. The minimum absolute atomic E-state index is 0.206. The highest BCUT2D eigenvalue weighted by Crippen LogP contribution is 2.18. The van der Waals surface area contributed by atoms with Crippen molar-refractivity contribution in [2.45, 2.75) is 12.8 Å². The van der Waals surface area contributed by atoms with E-state index in [9.17, 15) is 4.79 Å². The summed E-state index contributed by atoms with van der Waals surface area (Å²) in [5.74, 6) is 0.863. The molecule has 0 saturated carbocycles. The summed E-state index contributed by atoms with van der Waals surface area (Å²) in [7, 11) is 1.75. The van der Waals surface area contributed by atoms with Gasteiger partial charge in [-0.05, 0) is 44.0 Å². The zero-order valence-corrected chi connectivity index (χ0v) is 12.9. The quantitative estimate of drug-likeness (QED) is 0.779. The van der Waals surface area contributed by atoms with Crippen molar-refractivity contribution in [3.05, 3.63) is 34.3 Å². The number of hydrogen-bond acceptors (Lipinski definition) is 3. The number of halogens is 1. The second-order valence-electron chi connectivity index (χ2n) is 5.10. The van der Waals surface area contributed by atoms with Gasteiger partial charge in [0.2, 0.25) is 0 Å². The van der Waals surface area contributed by atoms with E-state index in [0.29, 0.717) is 12.5 Å². The number of carbonyl (C=O) groups is 1. The lowest BCUT2D eigenvalue weighted by Crippen LogP contribution is -2.38. The molecule has 1 fully saturated rings. The van der Waals surface area contributed by atoms with Crippen molar-refractivity contribution < 1.29 is 9.53 Å². The summed E-state index contributed by atoms with van der Waals surface area (Å²) in [5, 5.41) is 0. The van der Waals surface area contributed by atoms with Gasteiger partial charge in [-0.25, -0.2) is 0 Å². The molecule has 0 bridgehead atoms. The van der Waals surface area contributed by atoms with E-state index in [1.807, 2.05) is 24.3 Å². The lowest BCUT2D eigenvalue weighted by molar-refractivity contribution is 0.0810. The average molecular weight is 326 g/mol. The normalized spacial score (nSPS) is 17.6. The Bertz CT molecular complexity index is 411. The summed E-state index contributed by atoms with van der Waals surface area (Å²) >= 11 is 3.38. The predicted molar refractivity (Wildman–Crippen MR) is 79.5 cm³/mol. The van der Waals surface area contributed by atoms with E-state index >= 15 is 0 Å². The first-order valence-electron chi connectivity index (χ1n) is 6.69. The molecule has 19 heavy (non-hydrogen) atoms. The molecule has 1 aromatic carbocycles. The van der Waals surface area contributed by atoms with Crippen LogP contribution >= 0.6 is 15.9 Å². The summed E-state index contributed by atoms with van der Waals surface area (Å²) in [5.41, 5.74) is 0.794. The molecule has 3 nitrogen and oxygen atoms in total. The van der Waals surface area contributed by atoms with Gasteiger partial charge < -0.3 is 4.74 Å². The standard InChI is InChI=1S/C15H20BrNO2/c1-19-11-12-6-8-17(9-7-12)10-15(18)13-2-4-14(16)5-3-13/h2-5,12H,6-11H2,1H3. The number of hydrogen-bond donors (Lipinski definition) is 0. The van der Waals surface area contributed by atoms with Gasteiger partial charge in [-0.3, -0.25) is 9.69 Å². The maximum absolute atomic E-state index is 12.1. The van der Waals surface area contributed by atoms with E-state index in [1.165, 1.54) is 0 Å². The van der Waals surface area contributed by atoms with Gasteiger partial charge in [0.05, 0.1) is 6.54 Å². The van der Waals surface area contributed by atoms with Crippen molar-refractivity contribution >= 4 is 21.7 Å². The first-order chi connectivity index (χ1) is 9.19. The maximum atomic E-state index is 12.1. The van der Waals surface area contributed by atoms with E-state index < -0.39 is 0 Å². The van der Waals surface area contributed by atoms with Crippen molar-refractivity contribution in [3.8, 4) is 0 Å². The fraction of sp³-hybridized carbons (Fsp3) is 0.533. The molecule has 1 heterocycles. The van der Waals surface area contributed by atoms with Crippen molar-refractivity contribution in [1.82, 2.24) is 4.90 Å². The Morgan fingerprint density at radius 3 is 2.53 bits per heavy atom. The summed E-state index contributed by atoms with van der Waals surface area (Å²) < 4.78 is 6.19. The smallest absolute Gasteiger partial charge is 0.176 e. The molecule has 1 aliphatic rings. The van der Waals surface area contributed by atoms with Gasteiger partial charge in [0.1, 0.15) is 0 Å². The van der Waals surface area contributed by atoms with Crippen LogP contribution in [0.15, 0.2) is 28.7 Å². The highest BCUT2D eigenvalue weighted by atomic mass is 79.9. The average Bonchev–Trinajstić information content (AvgIpc) is 2.42. The second kappa shape index (κ2) is 7.17. The predicted octanol–water partition coefficient (Wildman–Crippen LogP) is 2.99. The van der Waals surface area contributed by atoms with Crippen LogP contribution in [0.3, 0.4) is 0 Å². The van der Waals surface area contributed by atoms with Crippen molar-refractivity contribution in [2.75, 3.05) is 33.4 Å². The zero-order chi connectivity index (χ0) is 13.7. The Morgan fingerprint density at radius 2 is 1.95 bits per heavy atom.